The van der Waals surface area contributed by atoms with E-state index in [9.17, 15) is 26.3 Å². The van der Waals surface area contributed by atoms with Crippen molar-refractivity contribution >= 4 is 17.0 Å². The summed E-state index contributed by atoms with van der Waals surface area (Å²) in [4.78, 5) is 6.12. The average molecular weight is 444 g/mol. The van der Waals surface area contributed by atoms with E-state index in [1.165, 1.54) is 12.1 Å². The molecule has 2 heterocycles. The predicted molar refractivity (Wildman–Crippen MR) is 102 cm³/mol. The van der Waals surface area contributed by atoms with E-state index in [4.69, 9.17) is 5.73 Å². The maximum atomic E-state index is 13.9. The maximum Gasteiger partial charge on any atom is 0.573 e. The van der Waals surface area contributed by atoms with Gasteiger partial charge in [0, 0.05) is 25.2 Å². The van der Waals surface area contributed by atoms with Crippen molar-refractivity contribution < 1.29 is 31.1 Å². The first kappa shape index (κ1) is 21.3. The Labute approximate surface area is 173 Å². The second-order valence-electron chi connectivity index (χ2n) is 7.36. The van der Waals surface area contributed by atoms with E-state index in [0.29, 0.717) is 23.6 Å². The number of alkyl halides is 4. The van der Waals surface area contributed by atoms with E-state index in [1.807, 2.05) is 0 Å². The Balaban J connectivity index is 1.70. The molecule has 2 N–H and O–H groups in total. The van der Waals surface area contributed by atoms with Crippen molar-refractivity contribution in [2.75, 3.05) is 18.0 Å². The van der Waals surface area contributed by atoms with Crippen LogP contribution in [0, 0.1) is 11.6 Å². The topological polar surface area (TPSA) is 56.3 Å². The highest BCUT2D eigenvalue weighted by Gasteiger charge is 2.31. The van der Waals surface area contributed by atoms with Gasteiger partial charge < -0.3 is 19.9 Å². The summed E-state index contributed by atoms with van der Waals surface area (Å²) in [5.41, 5.74) is 6.90. The SMILES string of the molecule is NC1CN(c2nc3cc(F)c(F)cc3n2Cc2ccc(OC(F)(F)F)cc2)CCC1F. The molecule has 5 nitrogen and oxygen atoms in total. The quantitative estimate of drug-likeness (QED) is 0.615. The molecule has 3 aromatic rings. The lowest BCUT2D eigenvalue weighted by Gasteiger charge is -2.34. The number of hydrogen-bond donors (Lipinski definition) is 1. The molecule has 4 rings (SSSR count). The van der Waals surface area contributed by atoms with Gasteiger partial charge in [-0.2, -0.15) is 0 Å². The van der Waals surface area contributed by atoms with Crippen LogP contribution in [0.1, 0.15) is 12.0 Å². The van der Waals surface area contributed by atoms with Gasteiger partial charge in [-0.1, -0.05) is 12.1 Å². The fourth-order valence-corrected chi connectivity index (χ4v) is 3.62. The maximum absolute atomic E-state index is 13.9. The number of hydrogen-bond acceptors (Lipinski definition) is 4. The molecule has 0 radical (unpaired) electrons. The van der Waals surface area contributed by atoms with Gasteiger partial charge in [0.15, 0.2) is 11.6 Å². The molecule has 2 atom stereocenters. The summed E-state index contributed by atoms with van der Waals surface area (Å²) < 4.78 is 84.0. The molecule has 2 aromatic carbocycles. The number of piperidine rings is 1. The number of anilines is 1. The Hall–Kier alpha value is -2.95. The zero-order valence-corrected chi connectivity index (χ0v) is 16.0. The highest BCUT2D eigenvalue weighted by Crippen LogP contribution is 2.29. The highest BCUT2D eigenvalue weighted by molar-refractivity contribution is 5.79. The molecule has 1 aromatic heterocycles. The number of rotatable bonds is 4. The summed E-state index contributed by atoms with van der Waals surface area (Å²) in [5.74, 6) is -2.15. The molecule has 1 saturated heterocycles. The number of halogens is 6. The van der Waals surface area contributed by atoms with E-state index in [-0.39, 0.29) is 30.8 Å². The number of nitrogens with zero attached hydrogens (tertiary/aromatic N) is 3. The molecule has 2 unspecified atom stereocenters. The number of fused-ring (bicyclic) bond motifs is 1. The third-order valence-corrected chi connectivity index (χ3v) is 5.12. The monoisotopic (exact) mass is 444 g/mol. The fourth-order valence-electron chi connectivity index (χ4n) is 3.62. The molecular formula is C20H18F6N4O. The van der Waals surface area contributed by atoms with E-state index in [0.717, 1.165) is 24.3 Å². The second kappa shape index (κ2) is 7.95. The molecule has 0 amide bonds. The summed E-state index contributed by atoms with van der Waals surface area (Å²) >= 11 is 0. The second-order valence-corrected chi connectivity index (χ2v) is 7.36. The third kappa shape index (κ3) is 4.55. The number of nitrogens with two attached hydrogens (primary N) is 1. The molecule has 166 valence electrons. The Bertz CT molecular complexity index is 1080. The lowest BCUT2D eigenvalue weighted by Crippen LogP contribution is -2.50. The van der Waals surface area contributed by atoms with Gasteiger partial charge in [0.25, 0.3) is 0 Å². The Morgan fingerprint density at radius 3 is 2.42 bits per heavy atom. The zero-order valence-electron chi connectivity index (χ0n) is 16.0. The lowest BCUT2D eigenvalue weighted by molar-refractivity contribution is -0.274. The molecule has 0 bridgehead atoms. The Morgan fingerprint density at radius 2 is 1.77 bits per heavy atom. The molecule has 0 saturated carbocycles. The normalized spacial score (nSPS) is 19.8. The van der Waals surface area contributed by atoms with Crippen LogP contribution in [0.4, 0.5) is 32.3 Å². The van der Waals surface area contributed by atoms with Gasteiger partial charge >= 0.3 is 6.36 Å². The number of ether oxygens (including phenoxy) is 1. The average Bonchev–Trinajstić information content (AvgIpc) is 3.02. The minimum atomic E-state index is -4.81. The van der Waals surface area contributed by atoms with Crippen LogP contribution in [-0.4, -0.2) is 41.2 Å². The van der Waals surface area contributed by atoms with Crippen molar-refractivity contribution in [3.05, 3.63) is 53.6 Å². The van der Waals surface area contributed by atoms with E-state index in [2.05, 4.69) is 9.72 Å². The molecular weight excluding hydrogens is 426 g/mol. The van der Waals surface area contributed by atoms with Crippen LogP contribution >= 0.6 is 0 Å². The van der Waals surface area contributed by atoms with Gasteiger partial charge in [-0.3, -0.25) is 0 Å². The number of aromatic nitrogens is 2. The molecule has 11 heteroatoms. The van der Waals surface area contributed by atoms with Gasteiger partial charge in [-0.15, -0.1) is 13.2 Å². The molecule has 1 fully saturated rings. The first-order chi connectivity index (χ1) is 14.6. The van der Waals surface area contributed by atoms with E-state index in [1.54, 1.807) is 9.47 Å². The molecule has 0 aliphatic carbocycles. The van der Waals surface area contributed by atoms with Gasteiger partial charge in [-0.25, -0.2) is 18.2 Å². The van der Waals surface area contributed by atoms with Crippen molar-refractivity contribution in [3.8, 4) is 5.75 Å². The lowest BCUT2D eigenvalue weighted by atomic mass is 10.1. The number of benzene rings is 2. The van der Waals surface area contributed by atoms with E-state index < -0.39 is 30.2 Å². The fraction of sp³-hybridized carbons (Fsp3) is 0.350. The van der Waals surface area contributed by atoms with Crippen molar-refractivity contribution in [2.45, 2.75) is 31.5 Å². The first-order valence-electron chi connectivity index (χ1n) is 9.45. The van der Waals surface area contributed by atoms with Crippen LogP contribution in [0.25, 0.3) is 11.0 Å². The third-order valence-electron chi connectivity index (χ3n) is 5.12. The minimum Gasteiger partial charge on any atom is -0.406 e. The van der Waals surface area contributed by atoms with Gasteiger partial charge in [0.05, 0.1) is 23.6 Å². The van der Waals surface area contributed by atoms with Crippen LogP contribution in [-0.2, 0) is 6.54 Å². The smallest absolute Gasteiger partial charge is 0.406 e. The Morgan fingerprint density at radius 1 is 1.10 bits per heavy atom. The van der Waals surface area contributed by atoms with E-state index >= 15 is 0 Å². The van der Waals surface area contributed by atoms with Gasteiger partial charge in [-0.05, 0) is 24.1 Å². The van der Waals surface area contributed by atoms with Crippen LogP contribution in [0.5, 0.6) is 5.75 Å². The molecule has 0 spiro atoms. The first-order valence-corrected chi connectivity index (χ1v) is 9.45. The van der Waals surface area contributed by atoms with Crippen molar-refractivity contribution in [1.29, 1.82) is 0 Å². The molecule has 1 aliphatic rings. The molecule has 1 aliphatic heterocycles. The van der Waals surface area contributed by atoms with Crippen LogP contribution in [0.2, 0.25) is 0 Å². The largest absolute Gasteiger partial charge is 0.573 e. The van der Waals surface area contributed by atoms with Gasteiger partial charge in [0.1, 0.15) is 11.9 Å². The zero-order chi connectivity index (χ0) is 22.3. The Kier molecular flexibility index (Phi) is 5.46. The predicted octanol–water partition coefficient (Wildman–Crippen LogP) is 4.14. The standard InChI is InChI=1S/C20H18F6N4O/c21-13-5-6-29(10-16(13)27)19-28-17-7-14(22)15(23)8-18(17)30(19)9-11-1-3-12(4-2-11)31-20(24,25)26/h1-4,7-8,13,16H,5-6,9-10,27H2. The van der Waals surface area contributed by atoms with Gasteiger partial charge in [0.2, 0.25) is 5.95 Å². The summed E-state index contributed by atoms with van der Waals surface area (Å²) in [7, 11) is 0. The van der Waals surface area contributed by atoms with Crippen LogP contribution in [0.15, 0.2) is 36.4 Å². The van der Waals surface area contributed by atoms with Crippen LogP contribution in [0.3, 0.4) is 0 Å². The molecule has 31 heavy (non-hydrogen) atoms. The van der Waals surface area contributed by atoms with Crippen molar-refractivity contribution in [2.24, 2.45) is 5.73 Å². The van der Waals surface area contributed by atoms with Crippen molar-refractivity contribution in [3.63, 3.8) is 0 Å². The number of imidazole rings is 1. The summed E-state index contributed by atoms with van der Waals surface area (Å²) in [5, 5.41) is 0. The minimum absolute atomic E-state index is 0.105. The highest BCUT2D eigenvalue weighted by atomic mass is 19.4. The summed E-state index contributed by atoms with van der Waals surface area (Å²) in [6.45, 7) is 0.573. The van der Waals surface area contributed by atoms with Crippen LogP contribution < -0.4 is 15.4 Å². The summed E-state index contributed by atoms with van der Waals surface area (Å²) in [6, 6.07) is 6.40. The summed E-state index contributed by atoms with van der Waals surface area (Å²) in [6.07, 6.45) is -5.79. The van der Waals surface area contributed by atoms with Crippen molar-refractivity contribution in [1.82, 2.24) is 9.55 Å².